The first-order valence-electron chi connectivity index (χ1n) is 4.94. The molecular weight excluding hydrogens is 226 g/mol. The maximum absolute atomic E-state index is 11.7. The number of rotatable bonds is 3. The van der Waals surface area contributed by atoms with Gasteiger partial charge in [0.1, 0.15) is 0 Å². The first kappa shape index (κ1) is 12.8. The van der Waals surface area contributed by atoms with Crippen LogP contribution in [0.4, 0.5) is 11.4 Å². The van der Waals surface area contributed by atoms with Crippen LogP contribution in [0.15, 0.2) is 18.2 Å². The van der Waals surface area contributed by atoms with E-state index < -0.39 is 0 Å². The highest BCUT2D eigenvalue weighted by Gasteiger charge is 2.15. The zero-order valence-electron chi connectivity index (χ0n) is 9.62. The quantitative estimate of drug-likeness (QED) is 0.794. The van der Waals surface area contributed by atoms with Gasteiger partial charge in [-0.25, -0.2) is 0 Å². The van der Waals surface area contributed by atoms with Crippen molar-refractivity contribution in [1.29, 1.82) is 0 Å². The third kappa shape index (κ3) is 3.12. The highest BCUT2D eigenvalue weighted by molar-refractivity contribution is 6.31. The lowest BCUT2D eigenvalue weighted by Gasteiger charge is -2.19. The first-order chi connectivity index (χ1) is 7.41. The van der Waals surface area contributed by atoms with Crippen LogP contribution < -0.4 is 11.1 Å². The van der Waals surface area contributed by atoms with E-state index in [9.17, 15) is 4.79 Å². The number of nitrogens with zero attached hydrogens (tertiary/aromatic N) is 1. The molecule has 0 fully saturated rings. The largest absolute Gasteiger partial charge is 0.397 e. The number of nitrogen functional groups attached to an aromatic ring is 1. The molecule has 1 rings (SSSR count). The lowest BCUT2D eigenvalue weighted by atomic mass is 10.2. The Bertz CT molecular complexity index is 393. The van der Waals surface area contributed by atoms with Crippen LogP contribution in [0.5, 0.6) is 0 Å². The van der Waals surface area contributed by atoms with Gasteiger partial charge in [-0.05, 0) is 39.2 Å². The van der Waals surface area contributed by atoms with Crippen molar-refractivity contribution in [2.24, 2.45) is 0 Å². The number of hydrogen-bond acceptors (Lipinski definition) is 3. The predicted molar refractivity (Wildman–Crippen MR) is 67.6 cm³/mol. The average molecular weight is 242 g/mol. The number of amides is 1. The van der Waals surface area contributed by atoms with Crippen molar-refractivity contribution in [1.82, 2.24) is 4.90 Å². The molecule has 0 aromatic heterocycles. The van der Waals surface area contributed by atoms with E-state index in [2.05, 4.69) is 5.32 Å². The minimum Gasteiger partial charge on any atom is -0.397 e. The standard InChI is InChI=1S/C11H16ClN3O/c1-7(15(2)3)11(16)14-10-5-4-8(12)6-9(10)13/h4-7H,13H2,1-3H3,(H,14,16). The number of carbonyl (C=O) groups excluding carboxylic acids is 1. The Balaban J connectivity index is 2.77. The Labute approximate surface area is 100 Å². The maximum Gasteiger partial charge on any atom is 0.241 e. The van der Waals surface area contributed by atoms with Gasteiger partial charge in [0.15, 0.2) is 0 Å². The Morgan fingerprint density at radius 1 is 1.50 bits per heavy atom. The molecule has 16 heavy (non-hydrogen) atoms. The molecule has 5 heteroatoms. The number of hydrogen-bond donors (Lipinski definition) is 2. The van der Waals surface area contributed by atoms with Crippen LogP contribution in [0.1, 0.15) is 6.92 Å². The van der Waals surface area contributed by atoms with Gasteiger partial charge in [0.05, 0.1) is 17.4 Å². The number of likely N-dealkylation sites (N-methyl/N-ethyl adjacent to an activating group) is 1. The summed E-state index contributed by atoms with van der Waals surface area (Å²) in [6.45, 7) is 1.82. The first-order valence-corrected chi connectivity index (χ1v) is 5.32. The van der Waals surface area contributed by atoms with Gasteiger partial charge in [-0.3, -0.25) is 9.69 Å². The summed E-state index contributed by atoms with van der Waals surface area (Å²) in [4.78, 5) is 13.6. The van der Waals surface area contributed by atoms with Crippen molar-refractivity contribution in [3.05, 3.63) is 23.2 Å². The van der Waals surface area contributed by atoms with Crippen LogP contribution in [0.3, 0.4) is 0 Å². The summed E-state index contributed by atoms with van der Waals surface area (Å²) < 4.78 is 0. The molecule has 0 saturated heterocycles. The van der Waals surface area contributed by atoms with Gasteiger partial charge in [0, 0.05) is 5.02 Å². The van der Waals surface area contributed by atoms with Crippen LogP contribution in [0.25, 0.3) is 0 Å². The van der Waals surface area contributed by atoms with Crippen molar-refractivity contribution in [3.8, 4) is 0 Å². The zero-order chi connectivity index (χ0) is 12.3. The summed E-state index contributed by atoms with van der Waals surface area (Å²) in [6.07, 6.45) is 0. The third-order valence-electron chi connectivity index (χ3n) is 2.43. The summed E-state index contributed by atoms with van der Waals surface area (Å²) in [6, 6.07) is 4.78. The van der Waals surface area contributed by atoms with E-state index in [1.165, 1.54) is 0 Å². The topological polar surface area (TPSA) is 58.4 Å². The van der Waals surface area contributed by atoms with Crippen LogP contribution >= 0.6 is 11.6 Å². The van der Waals surface area contributed by atoms with Gasteiger partial charge < -0.3 is 11.1 Å². The minimum absolute atomic E-state index is 0.0981. The molecule has 1 amide bonds. The summed E-state index contributed by atoms with van der Waals surface area (Å²) in [5.41, 5.74) is 6.78. The SMILES string of the molecule is CC(C(=O)Nc1ccc(Cl)cc1N)N(C)C. The van der Waals surface area contributed by atoms with Crippen molar-refractivity contribution in [3.63, 3.8) is 0 Å². The van der Waals surface area contributed by atoms with Gasteiger partial charge in [0.2, 0.25) is 5.91 Å². The Kier molecular flexibility index (Phi) is 4.15. The third-order valence-corrected chi connectivity index (χ3v) is 2.66. The van der Waals surface area contributed by atoms with Gasteiger partial charge in [-0.1, -0.05) is 11.6 Å². The number of halogens is 1. The fourth-order valence-electron chi connectivity index (χ4n) is 1.12. The van der Waals surface area contributed by atoms with E-state index in [0.717, 1.165) is 0 Å². The molecule has 1 aromatic carbocycles. The van der Waals surface area contributed by atoms with E-state index in [4.69, 9.17) is 17.3 Å². The molecule has 0 spiro atoms. The maximum atomic E-state index is 11.7. The molecule has 3 N–H and O–H groups in total. The predicted octanol–water partition coefficient (Wildman–Crippen LogP) is 1.81. The lowest BCUT2D eigenvalue weighted by molar-refractivity contribution is -0.119. The molecule has 88 valence electrons. The Morgan fingerprint density at radius 3 is 2.62 bits per heavy atom. The normalized spacial score (nSPS) is 12.6. The number of nitrogens with two attached hydrogens (primary N) is 1. The molecule has 4 nitrogen and oxygen atoms in total. The van der Waals surface area contributed by atoms with E-state index in [-0.39, 0.29) is 11.9 Å². The molecule has 0 radical (unpaired) electrons. The molecule has 0 heterocycles. The van der Waals surface area contributed by atoms with Gasteiger partial charge in [-0.2, -0.15) is 0 Å². The second-order valence-electron chi connectivity index (χ2n) is 3.86. The molecular formula is C11H16ClN3O. The Morgan fingerprint density at radius 2 is 2.12 bits per heavy atom. The van der Waals surface area contributed by atoms with Gasteiger partial charge in [-0.15, -0.1) is 0 Å². The molecule has 0 bridgehead atoms. The van der Waals surface area contributed by atoms with Crippen molar-refractivity contribution < 1.29 is 4.79 Å². The monoisotopic (exact) mass is 241 g/mol. The summed E-state index contributed by atoms with van der Waals surface area (Å²) in [5.74, 6) is -0.0981. The number of nitrogens with one attached hydrogen (secondary N) is 1. The zero-order valence-corrected chi connectivity index (χ0v) is 10.4. The van der Waals surface area contributed by atoms with Crippen LogP contribution in [-0.2, 0) is 4.79 Å². The molecule has 0 saturated carbocycles. The fourth-order valence-corrected chi connectivity index (χ4v) is 1.30. The fraction of sp³-hybridized carbons (Fsp3) is 0.364. The summed E-state index contributed by atoms with van der Waals surface area (Å²) >= 11 is 5.77. The molecule has 1 atom stereocenters. The highest BCUT2D eigenvalue weighted by atomic mass is 35.5. The highest BCUT2D eigenvalue weighted by Crippen LogP contribution is 2.22. The van der Waals surface area contributed by atoms with Crippen molar-refractivity contribution >= 4 is 28.9 Å². The summed E-state index contributed by atoms with van der Waals surface area (Å²) in [5, 5.41) is 3.31. The molecule has 1 aromatic rings. The summed E-state index contributed by atoms with van der Waals surface area (Å²) in [7, 11) is 3.69. The van der Waals surface area contributed by atoms with Gasteiger partial charge >= 0.3 is 0 Å². The van der Waals surface area contributed by atoms with E-state index in [0.29, 0.717) is 16.4 Å². The molecule has 0 aliphatic carbocycles. The van der Waals surface area contributed by atoms with Crippen molar-refractivity contribution in [2.75, 3.05) is 25.1 Å². The molecule has 0 aliphatic rings. The van der Waals surface area contributed by atoms with Crippen LogP contribution in [0.2, 0.25) is 5.02 Å². The van der Waals surface area contributed by atoms with E-state index >= 15 is 0 Å². The van der Waals surface area contributed by atoms with Crippen molar-refractivity contribution in [2.45, 2.75) is 13.0 Å². The van der Waals surface area contributed by atoms with E-state index in [1.807, 2.05) is 25.9 Å². The molecule has 1 unspecified atom stereocenters. The molecule has 0 aliphatic heterocycles. The van der Waals surface area contributed by atoms with E-state index in [1.54, 1.807) is 18.2 Å². The number of carbonyl (C=O) groups is 1. The smallest absolute Gasteiger partial charge is 0.241 e. The van der Waals surface area contributed by atoms with Crippen LogP contribution in [-0.4, -0.2) is 30.9 Å². The minimum atomic E-state index is -0.213. The second kappa shape index (κ2) is 5.18. The Hall–Kier alpha value is -1.26. The number of benzene rings is 1. The lowest BCUT2D eigenvalue weighted by Crippen LogP contribution is -2.37. The van der Waals surface area contributed by atoms with Crippen LogP contribution in [0, 0.1) is 0 Å². The second-order valence-corrected chi connectivity index (χ2v) is 4.30. The average Bonchev–Trinajstić information content (AvgIpc) is 2.20. The van der Waals surface area contributed by atoms with Gasteiger partial charge in [0.25, 0.3) is 0 Å². The number of anilines is 2.